The SMILES string of the molecule is CCNC(=NCC1CCN(c2ccccc2OC)C1)NCCN1CCCCC1.I. The maximum Gasteiger partial charge on any atom is 0.191 e. The van der Waals surface area contributed by atoms with Crippen LogP contribution in [0.5, 0.6) is 5.75 Å². The molecule has 164 valence electrons. The first-order chi connectivity index (χ1) is 13.8. The van der Waals surface area contributed by atoms with Crippen molar-refractivity contribution in [1.82, 2.24) is 15.5 Å². The van der Waals surface area contributed by atoms with Crippen molar-refractivity contribution in [2.24, 2.45) is 10.9 Å². The number of halogens is 1. The van der Waals surface area contributed by atoms with Crippen molar-refractivity contribution in [3.05, 3.63) is 24.3 Å². The highest BCUT2D eigenvalue weighted by molar-refractivity contribution is 14.0. The van der Waals surface area contributed by atoms with Crippen LogP contribution in [0, 0.1) is 5.92 Å². The van der Waals surface area contributed by atoms with E-state index in [-0.39, 0.29) is 24.0 Å². The molecular weight excluding hydrogens is 477 g/mol. The van der Waals surface area contributed by atoms with Gasteiger partial charge in [0.05, 0.1) is 12.8 Å². The fourth-order valence-corrected chi connectivity index (χ4v) is 4.17. The van der Waals surface area contributed by atoms with Crippen LogP contribution in [0.25, 0.3) is 0 Å². The van der Waals surface area contributed by atoms with E-state index >= 15 is 0 Å². The Morgan fingerprint density at radius 2 is 1.93 bits per heavy atom. The Morgan fingerprint density at radius 3 is 2.69 bits per heavy atom. The summed E-state index contributed by atoms with van der Waals surface area (Å²) in [5.41, 5.74) is 1.20. The number of aliphatic imine (C=N–C) groups is 1. The number of piperidine rings is 1. The highest BCUT2D eigenvalue weighted by Crippen LogP contribution is 2.31. The number of para-hydroxylation sites is 2. The van der Waals surface area contributed by atoms with Gasteiger partial charge in [-0.25, -0.2) is 0 Å². The van der Waals surface area contributed by atoms with Crippen molar-refractivity contribution in [1.29, 1.82) is 0 Å². The molecule has 1 aromatic carbocycles. The van der Waals surface area contributed by atoms with Crippen LogP contribution >= 0.6 is 24.0 Å². The Bertz CT molecular complexity index is 621. The molecule has 1 unspecified atom stereocenters. The number of benzene rings is 1. The van der Waals surface area contributed by atoms with Gasteiger partial charge in [0.1, 0.15) is 5.75 Å². The van der Waals surface area contributed by atoms with Gasteiger partial charge in [0.25, 0.3) is 0 Å². The molecule has 0 saturated carbocycles. The number of likely N-dealkylation sites (tertiary alicyclic amines) is 1. The van der Waals surface area contributed by atoms with Gasteiger partial charge in [0.2, 0.25) is 0 Å². The van der Waals surface area contributed by atoms with Crippen LogP contribution in [-0.2, 0) is 0 Å². The van der Waals surface area contributed by atoms with E-state index in [1.807, 2.05) is 12.1 Å². The second-order valence-corrected chi connectivity index (χ2v) is 7.82. The number of methoxy groups -OCH3 is 1. The number of nitrogens with zero attached hydrogens (tertiary/aromatic N) is 3. The first kappa shape index (κ1) is 24.1. The highest BCUT2D eigenvalue weighted by Gasteiger charge is 2.24. The summed E-state index contributed by atoms with van der Waals surface area (Å²) in [4.78, 5) is 9.85. The molecule has 0 aliphatic carbocycles. The third kappa shape index (κ3) is 7.51. The van der Waals surface area contributed by atoms with Gasteiger partial charge in [0.15, 0.2) is 5.96 Å². The molecule has 3 rings (SSSR count). The molecule has 0 amide bonds. The van der Waals surface area contributed by atoms with Gasteiger partial charge >= 0.3 is 0 Å². The second-order valence-electron chi connectivity index (χ2n) is 7.82. The number of nitrogens with one attached hydrogen (secondary N) is 2. The monoisotopic (exact) mass is 515 g/mol. The number of hydrogen-bond acceptors (Lipinski definition) is 4. The van der Waals surface area contributed by atoms with Gasteiger partial charge in [0, 0.05) is 39.3 Å². The van der Waals surface area contributed by atoms with E-state index in [0.717, 1.165) is 51.0 Å². The average Bonchev–Trinajstić information content (AvgIpc) is 3.21. The van der Waals surface area contributed by atoms with Gasteiger partial charge in [-0.15, -0.1) is 24.0 Å². The first-order valence-corrected chi connectivity index (χ1v) is 10.9. The topological polar surface area (TPSA) is 52.1 Å². The molecule has 0 radical (unpaired) electrons. The van der Waals surface area contributed by atoms with Gasteiger partial charge < -0.3 is 25.2 Å². The number of hydrogen-bond donors (Lipinski definition) is 2. The molecule has 1 aromatic rings. The minimum absolute atomic E-state index is 0. The molecule has 29 heavy (non-hydrogen) atoms. The van der Waals surface area contributed by atoms with Crippen LogP contribution in [0.3, 0.4) is 0 Å². The zero-order valence-corrected chi connectivity index (χ0v) is 20.4. The Labute approximate surface area is 193 Å². The lowest BCUT2D eigenvalue weighted by Gasteiger charge is -2.26. The second kappa shape index (κ2) is 13.2. The average molecular weight is 515 g/mol. The van der Waals surface area contributed by atoms with Crippen molar-refractivity contribution in [3.63, 3.8) is 0 Å². The maximum absolute atomic E-state index is 5.52. The Morgan fingerprint density at radius 1 is 1.14 bits per heavy atom. The first-order valence-electron chi connectivity index (χ1n) is 10.9. The summed E-state index contributed by atoms with van der Waals surface area (Å²) in [7, 11) is 1.74. The van der Waals surface area contributed by atoms with E-state index in [2.05, 4.69) is 39.5 Å². The summed E-state index contributed by atoms with van der Waals surface area (Å²) in [6, 6.07) is 8.30. The minimum atomic E-state index is 0. The van der Waals surface area contributed by atoms with E-state index in [4.69, 9.17) is 9.73 Å². The molecule has 7 heteroatoms. The summed E-state index contributed by atoms with van der Waals surface area (Å²) in [5.74, 6) is 2.50. The molecule has 2 N–H and O–H groups in total. The van der Waals surface area contributed by atoms with Gasteiger partial charge in [-0.3, -0.25) is 4.99 Å². The molecule has 2 saturated heterocycles. The molecule has 2 fully saturated rings. The van der Waals surface area contributed by atoms with Crippen molar-refractivity contribution in [2.75, 3.05) is 64.4 Å². The fraction of sp³-hybridized carbons (Fsp3) is 0.682. The normalized spacial score (nSPS) is 20.3. The van der Waals surface area contributed by atoms with Crippen LogP contribution in [0.4, 0.5) is 5.69 Å². The highest BCUT2D eigenvalue weighted by atomic mass is 127. The largest absolute Gasteiger partial charge is 0.495 e. The summed E-state index contributed by atoms with van der Waals surface area (Å²) >= 11 is 0. The van der Waals surface area contributed by atoms with Crippen LogP contribution in [0.1, 0.15) is 32.6 Å². The van der Waals surface area contributed by atoms with Crippen molar-refractivity contribution >= 4 is 35.6 Å². The van der Waals surface area contributed by atoms with Crippen LogP contribution in [0.2, 0.25) is 0 Å². The predicted molar refractivity (Wildman–Crippen MR) is 133 cm³/mol. The van der Waals surface area contributed by atoms with E-state index < -0.39 is 0 Å². The zero-order valence-electron chi connectivity index (χ0n) is 18.0. The lowest BCUT2D eigenvalue weighted by molar-refractivity contribution is 0.232. The quantitative estimate of drug-likeness (QED) is 0.317. The Balaban J connectivity index is 0.00000300. The van der Waals surface area contributed by atoms with E-state index in [1.54, 1.807) is 7.11 Å². The fourth-order valence-electron chi connectivity index (χ4n) is 4.17. The predicted octanol–water partition coefficient (Wildman–Crippen LogP) is 3.18. The summed E-state index contributed by atoms with van der Waals surface area (Å²) < 4.78 is 5.52. The molecule has 0 spiro atoms. The number of anilines is 1. The molecule has 1 atom stereocenters. The van der Waals surface area contributed by atoms with Crippen LogP contribution < -0.4 is 20.3 Å². The minimum Gasteiger partial charge on any atom is -0.495 e. The molecule has 2 heterocycles. The smallest absolute Gasteiger partial charge is 0.191 e. The number of ether oxygens (including phenoxy) is 1. The van der Waals surface area contributed by atoms with Gasteiger partial charge in [-0.1, -0.05) is 18.6 Å². The zero-order chi connectivity index (χ0) is 19.6. The van der Waals surface area contributed by atoms with E-state index in [0.29, 0.717) is 5.92 Å². The maximum atomic E-state index is 5.52. The van der Waals surface area contributed by atoms with Crippen molar-refractivity contribution < 1.29 is 4.74 Å². The van der Waals surface area contributed by atoms with Crippen molar-refractivity contribution in [3.8, 4) is 5.75 Å². The Kier molecular flexibility index (Phi) is 10.9. The van der Waals surface area contributed by atoms with Crippen LogP contribution in [-0.4, -0.2) is 70.3 Å². The third-order valence-corrected chi connectivity index (χ3v) is 5.73. The lowest BCUT2D eigenvalue weighted by atomic mass is 10.1. The van der Waals surface area contributed by atoms with E-state index in [9.17, 15) is 0 Å². The summed E-state index contributed by atoms with van der Waals surface area (Å²) in [6.45, 7) is 10.6. The third-order valence-electron chi connectivity index (χ3n) is 5.73. The number of rotatable bonds is 8. The lowest BCUT2D eigenvalue weighted by Crippen LogP contribution is -2.43. The van der Waals surface area contributed by atoms with Gasteiger partial charge in [-0.2, -0.15) is 0 Å². The van der Waals surface area contributed by atoms with Crippen LogP contribution in [0.15, 0.2) is 29.3 Å². The molecule has 6 nitrogen and oxygen atoms in total. The molecule has 2 aliphatic heterocycles. The van der Waals surface area contributed by atoms with Crippen molar-refractivity contribution in [2.45, 2.75) is 32.6 Å². The molecule has 0 aromatic heterocycles. The summed E-state index contributed by atoms with van der Waals surface area (Å²) in [6.07, 6.45) is 5.26. The standard InChI is InChI=1S/C22H37N5O.HI/c1-3-23-22(24-12-16-26-13-7-4-8-14-26)25-17-19-11-15-27(18-19)20-9-5-6-10-21(20)28-2;/h5-6,9-10,19H,3-4,7-8,11-18H2,1-2H3,(H2,23,24,25);1H. The molecule has 0 bridgehead atoms. The number of guanidine groups is 1. The van der Waals surface area contributed by atoms with E-state index in [1.165, 1.54) is 44.5 Å². The van der Waals surface area contributed by atoms with Gasteiger partial charge in [-0.05, 0) is 57.3 Å². The molecular formula is C22H38IN5O. The summed E-state index contributed by atoms with van der Waals surface area (Å²) in [5, 5.41) is 6.91. The molecule has 2 aliphatic rings. The Hall–Kier alpha value is -1.22.